The molecule has 4 heteroatoms. The minimum absolute atomic E-state index is 0.110. The van der Waals surface area contributed by atoms with E-state index in [-0.39, 0.29) is 11.9 Å². The number of rotatable bonds is 5. The molecule has 1 aromatic carbocycles. The summed E-state index contributed by atoms with van der Waals surface area (Å²) in [5.41, 5.74) is 0.517. The molecule has 0 aliphatic heterocycles. The van der Waals surface area contributed by atoms with Crippen LogP contribution in [0, 0.1) is 5.92 Å². The van der Waals surface area contributed by atoms with Crippen LogP contribution in [0.3, 0.4) is 0 Å². The molecule has 1 N–H and O–H groups in total. The van der Waals surface area contributed by atoms with Crippen molar-refractivity contribution in [2.75, 3.05) is 0 Å². The Morgan fingerprint density at radius 2 is 2.00 bits per heavy atom. The fourth-order valence-electron chi connectivity index (χ4n) is 2.07. The zero-order chi connectivity index (χ0) is 13.7. The summed E-state index contributed by atoms with van der Waals surface area (Å²) < 4.78 is 0.854. The van der Waals surface area contributed by atoms with Gasteiger partial charge >= 0.3 is 0 Å². The van der Waals surface area contributed by atoms with Crippen molar-refractivity contribution in [3.63, 3.8) is 0 Å². The maximum atomic E-state index is 12.1. The van der Waals surface area contributed by atoms with Gasteiger partial charge in [-0.2, -0.15) is 0 Å². The van der Waals surface area contributed by atoms with Crippen LogP contribution < -0.4 is 5.32 Å². The third kappa shape index (κ3) is 3.99. The molecule has 18 heavy (non-hydrogen) atoms. The molecule has 0 saturated carbocycles. The molecule has 1 rings (SSSR count). The first-order chi connectivity index (χ1) is 8.49. The van der Waals surface area contributed by atoms with Gasteiger partial charge < -0.3 is 5.32 Å². The number of carbonyl (C=O) groups excluding carboxylic acids is 1. The third-order valence-corrected chi connectivity index (χ3v) is 4.11. The molecule has 1 aromatic rings. The standard InChI is InChI=1S/C14H19BrClNO/c1-4-10(5-2)9(3)17-14(18)12-8-11(15)6-7-13(12)16/h6-10H,4-5H2,1-3H3,(H,17,18). The highest BCUT2D eigenvalue weighted by atomic mass is 79.9. The number of carbonyl (C=O) groups is 1. The van der Waals surface area contributed by atoms with Gasteiger partial charge in [0.15, 0.2) is 0 Å². The molecule has 100 valence electrons. The van der Waals surface area contributed by atoms with Crippen LogP contribution in [0.5, 0.6) is 0 Å². The van der Waals surface area contributed by atoms with E-state index in [0.29, 0.717) is 16.5 Å². The SMILES string of the molecule is CCC(CC)C(C)NC(=O)c1cc(Br)ccc1Cl. The Morgan fingerprint density at radius 1 is 1.39 bits per heavy atom. The number of hydrogen-bond acceptors (Lipinski definition) is 1. The summed E-state index contributed by atoms with van der Waals surface area (Å²) in [7, 11) is 0. The lowest BCUT2D eigenvalue weighted by atomic mass is 9.95. The van der Waals surface area contributed by atoms with Gasteiger partial charge in [0.05, 0.1) is 10.6 Å². The van der Waals surface area contributed by atoms with Crippen molar-refractivity contribution in [3.8, 4) is 0 Å². The Kier molecular flexibility index (Phi) is 6.16. The van der Waals surface area contributed by atoms with Crippen molar-refractivity contribution in [1.82, 2.24) is 5.32 Å². The molecule has 2 nitrogen and oxygen atoms in total. The van der Waals surface area contributed by atoms with E-state index in [9.17, 15) is 4.79 Å². The predicted molar refractivity (Wildman–Crippen MR) is 80.2 cm³/mol. The average molecular weight is 333 g/mol. The molecule has 1 atom stereocenters. The van der Waals surface area contributed by atoms with E-state index >= 15 is 0 Å². The lowest BCUT2D eigenvalue weighted by Crippen LogP contribution is -2.37. The summed E-state index contributed by atoms with van der Waals surface area (Å²) in [5.74, 6) is 0.389. The second kappa shape index (κ2) is 7.15. The topological polar surface area (TPSA) is 29.1 Å². The highest BCUT2D eigenvalue weighted by Gasteiger charge is 2.18. The van der Waals surface area contributed by atoms with E-state index in [1.54, 1.807) is 12.1 Å². The number of amides is 1. The van der Waals surface area contributed by atoms with Gasteiger partial charge in [0.2, 0.25) is 0 Å². The van der Waals surface area contributed by atoms with E-state index in [1.165, 1.54) is 0 Å². The van der Waals surface area contributed by atoms with Gasteiger partial charge in [0, 0.05) is 10.5 Å². The maximum Gasteiger partial charge on any atom is 0.253 e. The van der Waals surface area contributed by atoms with Gasteiger partial charge in [0.25, 0.3) is 5.91 Å². The van der Waals surface area contributed by atoms with E-state index in [4.69, 9.17) is 11.6 Å². The Bertz CT molecular complexity index is 418. The fourth-order valence-corrected chi connectivity index (χ4v) is 2.63. The molecule has 1 amide bonds. The van der Waals surface area contributed by atoms with Crippen LogP contribution in [0.25, 0.3) is 0 Å². The number of halogens is 2. The average Bonchev–Trinajstić information content (AvgIpc) is 2.33. The first kappa shape index (κ1) is 15.5. The van der Waals surface area contributed by atoms with Crippen molar-refractivity contribution >= 4 is 33.4 Å². The number of hydrogen-bond donors (Lipinski definition) is 1. The molecule has 0 fully saturated rings. The minimum atomic E-state index is -0.110. The molecule has 0 bridgehead atoms. The van der Waals surface area contributed by atoms with Crippen molar-refractivity contribution < 1.29 is 4.79 Å². The van der Waals surface area contributed by atoms with Crippen LogP contribution in [-0.4, -0.2) is 11.9 Å². The van der Waals surface area contributed by atoms with Crippen LogP contribution >= 0.6 is 27.5 Å². The maximum absolute atomic E-state index is 12.1. The lowest BCUT2D eigenvalue weighted by Gasteiger charge is -2.22. The summed E-state index contributed by atoms with van der Waals surface area (Å²) in [6.07, 6.45) is 2.12. The molecule has 0 saturated heterocycles. The monoisotopic (exact) mass is 331 g/mol. The summed E-state index contributed by atoms with van der Waals surface area (Å²) in [5, 5.41) is 3.50. The molecule has 0 aliphatic rings. The van der Waals surface area contributed by atoms with Crippen LogP contribution in [0.15, 0.2) is 22.7 Å². The zero-order valence-electron chi connectivity index (χ0n) is 11.0. The van der Waals surface area contributed by atoms with Gasteiger partial charge in [-0.15, -0.1) is 0 Å². The van der Waals surface area contributed by atoms with E-state index in [0.717, 1.165) is 17.3 Å². The Labute approximate surface area is 122 Å². The van der Waals surface area contributed by atoms with E-state index < -0.39 is 0 Å². The molecule has 0 aromatic heterocycles. The Morgan fingerprint density at radius 3 is 2.56 bits per heavy atom. The normalized spacial score (nSPS) is 12.6. The van der Waals surface area contributed by atoms with Crippen molar-refractivity contribution in [3.05, 3.63) is 33.3 Å². The molecule has 1 unspecified atom stereocenters. The predicted octanol–water partition coefficient (Wildman–Crippen LogP) is 4.66. The Balaban J connectivity index is 2.79. The molecule has 0 radical (unpaired) electrons. The highest BCUT2D eigenvalue weighted by Crippen LogP contribution is 2.21. The van der Waals surface area contributed by atoms with Gasteiger partial charge in [-0.25, -0.2) is 0 Å². The van der Waals surface area contributed by atoms with Gasteiger partial charge in [-0.05, 0) is 31.0 Å². The van der Waals surface area contributed by atoms with Crippen LogP contribution in [0.2, 0.25) is 5.02 Å². The highest BCUT2D eigenvalue weighted by molar-refractivity contribution is 9.10. The zero-order valence-corrected chi connectivity index (χ0v) is 13.3. The molecular weight excluding hydrogens is 314 g/mol. The third-order valence-electron chi connectivity index (χ3n) is 3.29. The second-order valence-electron chi connectivity index (χ2n) is 4.46. The number of nitrogens with one attached hydrogen (secondary N) is 1. The summed E-state index contributed by atoms with van der Waals surface area (Å²) in [4.78, 5) is 12.1. The second-order valence-corrected chi connectivity index (χ2v) is 5.79. The summed E-state index contributed by atoms with van der Waals surface area (Å²) in [6.45, 7) is 6.33. The van der Waals surface area contributed by atoms with Crippen molar-refractivity contribution in [2.45, 2.75) is 39.7 Å². The lowest BCUT2D eigenvalue weighted by molar-refractivity contribution is 0.0925. The van der Waals surface area contributed by atoms with E-state index in [1.807, 2.05) is 13.0 Å². The van der Waals surface area contributed by atoms with Gasteiger partial charge in [0.1, 0.15) is 0 Å². The van der Waals surface area contributed by atoms with Crippen molar-refractivity contribution in [2.24, 2.45) is 5.92 Å². The molecular formula is C14H19BrClNO. The smallest absolute Gasteiger partial charge is 0.253 e. The molecule has 0 aliphatic carbocycles. The van der Waals surface area contributed by atoms with E-state index in [2.05, 4.69) is 35.1 Å². The first-order valence-corrected chi connectivity index (χ1v) is 7.42. The van der Waals surface area contributed by atoms with Gasteiger partial charge in [-0.3, -0.25) is 4.79 Å². The number of benzene rings is 1. The fraction of sp³-hybridized carbons (Fsp3) is 0.500. The quantitative estimate of drug-likeness (QED) is 0.835. The largest absolute Gasteiger partial charge is 0.349 e. The van der Waals surface area contributed by atoms with Crippen LogP contribution in [0.4, 0.5) is 0 Å². The Hall–Kier alpha value is -0.540. The van der Waals surface area contributed by atoms with Crippen LogP contribution in [-0.2, 0) is 0 Å². The van der Waals surface area contributed by atoms with Gasteiger partial charge in [-0.1, -0.05) is 54.2 Å². The van der Waals surface area contributed by atoms with Crippen LogP contribution in [0.1, 0.15) is 44.0 Å². The van der Waals surface area contributed by atoms with Crippen molar-refractivity contribution in [1.29, 1.82) is 0 Å². The molecule has 0 spiro atoms. The summed E-state index contributed by atoms with van der Waals surface area (Å²) in [6, 6.07) is 5.45. The minimum Gasteiger partial charge on any atom is -0.349 e. The summed E-state index contributed by atoms with van der Waals surface area (Å²) >= 11 is 9.39. The first-order valence-electron chi connectivity index (χ1n) is 6.25. The molecule has 0 heterocycles.